The first-order chi connectivity index (χ1) is 5.49. The fraction of sp³-hybridized carbons (Fsp3) is 0.500. The quantitative estimate of drug-likeness (QED) is 0.730. The highest BCUT2D eigenvalue weighted by atomic mass is 35.5. The molecule has 0 bridgehead atoms. The molecule has 1 heterocycles. The van der Waals surface area contributed by atoms with Crippen LogP contribution in [0, 0.1) is 0 Å². The van der Waals surface area contributed by atoms with Gasteiger partial charge < -0.3 is 0 Å². The molecular formula is C6H9ClN2O2S. The number of aromatic nitrogens is 2. The Morgan fingerprint density at radius 1 is 1.67 bits per heavy atom. The Kier molecular flexibility index (Phi) is 2.74. The lowest BCUT2D eigenvalue weighted by Crippen LogP contribution is -2.12. The van der Waals surface area contributed by atoms with Gasteiger partial charge in [0.25, 0.3) is 0 Å². The maximum atomic E-state index is 10.8. The van der Waals surface area contributed by atoms with E-state index in [1.54, 1.807) is 6.07 Å². The molecule has 68 valence electrons. The lowest BCUT2D eigenvalue weighted by molar-refractivity contribution is 0.586. The van der Waals surface area contributed by atoms with Crippen molar-refractivity contribution in [3.8, 4) is 0 Å². The van der Waals surface area contributed by atoms with E-state index >= 15 is 0 Å². The van der Waals surface area contributed by atoms with Crippen LogP contribution in [0.2, 0.25) is 5.15 Å². The molecule has 0 atom stereocenters. The van der Waals surface area contributed by atoms with Gasteiger partial charge in [-0.05, 0) is 6.07 Å². The molecule has 0 saturated heterocycles. The number of sulfone groups is 1. The second kappa shape index (κ2) is 3.45. The fourth-order valence-corrected chi connectivity index (χ4v) is 1.42. The first-order valence-corrected chi connectivity index (χ1v) is 5.78. The summed E-state index contributed by atoms with van der Waals surface area (Å²) in [5, 5.41) is 4.30. The molecule has 0 amide bonds. The van der Waals surface area contributed by atoms with Crippen LogP contribution >= 0.6 is 11.6 Å². The number of hydrogen-bond donors (Lipinski definition) is 0. The van der Waals surface area contributed by atoms with Gasteiger partial charge in [-0.2, -0.15) is 5.10 Å². The predicted octanol–water partition coefficient (Wildman–Crippen LogP) is 0.581. The molecule has 0 spiro atoms. The Bertz CT molecular complexity index is 357. The lowest BCUT2D eigenvalue weighted by Gasteiger charge is -2.00. The fourth-order valence-electron chi connectivity index (χ4n) is 0.733. The van der Waals surface area contributed by atoms with E-state index in [1.165, 1.54) is 17.1 Å². The molecule has 0 aromatic carbocycles. The van der Waals surface area contributed by atoms with E-state index in [0.717, 1.165) is 0 Å². The van der Waals surface area contributed by atoms with Gasteiger partial charge in [-0.15, -0.1) is 0 Å². The van der Waals surface area contributed by atoms with E-state index in [2.05, 4.69) is 5.10 Å². The molecule has 1 aromatic heterocycles. The summed E-state index contributed by atoms with van der Waals surface area (Å²) in [6.07, 6.45) is 2.72. The maximum Gasteiger partial charge on any atom is 0.149 e. The minimum absolute atomic E-state index is 0.0639. The third kappa shape index (κ3) is 2.83. The minimum atomic E-state index is -2.94. The van der Waals surface area contributed by atoms with E-state index < -0.39 is 9.84 Å². The van der Waals surface area contributed by atoms with Crippen LogP contribution in [0.15, 0.2) is 12.3 Å². The minimum Gasteiger partial charge on any atom is -0.253 e. The molecule has 4 nitrogen and oxygen atoms in total. The van der Waals surface area contributed by atoms with Crippen molar-refractivity contribution in [2.75, 3.05) is 12.0 Å². The van der Waals surface area contributed by atoms with Crippen LogP contribution in [0.1, 0.15) is 0 Å². The highest BCUT2D eigenvalue weighted by molar-refractivity contribution is 7.90. The Morgan fingerprint density at radius 3 is 2.75 bits per heavy atom. The third-order valence-corrected chi connectivity index (χ3v) is 2.58. The summed E-state index contributed by atoms with van der Waals surface area (Å²) >= 11 is 5.67. The van der Waals surface area contributed by atoms with Gasteiger partial charge in [0.05, 0.1) is 18.5 Å². The summed E-state index contributed by atoms with van der Waals surface area (Å²) in [5.41, 5.74) is 0. The average Bonchev–Trinajstić information content (AvgIpc) is 2.29. The zero-order valence-electron chi connectivity index (χ0n) is 6.57. The SMILES string of the molecule is CS(=O)(=O)CCn1nccc1Cl. The van der Waals surface area contributed by atoms with E-state index in [9.17, 15) is 8.42 Å². The summed E-state index contributed by atoms with van der Waals surface area (Å²) in [4.78, 5) is 0. The van der Waals surface area contributed by atoms with Gasteiger partial charge in [0.1, 0.15) is 15.0 Å². The van der Waals surface area contributed by atoms with Crippen LogP contribution in [0.4, 0.5) is 0 Å². The standard InChI is InChI=1S/C6H9ClN2O2S/c1-12(10,11)5-4-9-6(7)2-3-8-9/h2-3H,4-5H2,1H3. The van der Waals surface area contributed by atoms with E-state index in [4.69, 9.17) is 11.6 Å². The molecule has 1 aromatic rings. The highest BCUT2D eigenvalue weighted by Crippen LogP contribution is 2.05. The molecular weight excluding hydrogens is 200 g/mol. The molecule has 0 radical (unpaired) electrons. The summed E-state index contributed by atoms with van der Waals surface area (Å²) in [7, 11) is -2.94. The Labute approximate surface area is 76.1 Å². The average molecular weight is 209 g/mol. The van der Waals surface area contributed by atoms with E-state index in [0.29, 0.717) is 11.7 Å². The Morgan fingerprint density at radius 2 is 2.33 bits per heavy atom. The zero-order valence-corrected chi connectivity index (χ0v) is 8.14. The van der Waals surface area contributed by atoms with Gasteiger partial charge in [-0.25, -0.2) is 8.42 Å². The Hall–Kier alpha value is -0.550. The number of halogens is 1. The zero-order chi connectivity index (χ0) is 9.19. The van der Waals surface area contributed by atoms with Crippen molar-refractivity contribution in [1.29, 1.82) is 0 Å². The van der Waals surface area contributed by atoms with Crippen molar-refractivity contribution in [1.82, 2.24) is 9.78 Å². The molecule has 0 saturated carbocycles. The van der Waals surface area contributed by atoms with Crippen molar-refractivity contribution in [2.45, 2.75) is 6.54 Å². The van der Waals surface area contributed by atoms with E-state index in [1.807, 2.05) is 0 Å². The van der Waals surface area contributed by atoms with Crippen LogP contribution in [-0.4, -0.2) is 30.2 Å². The van der Waals surface area contributed by atoms with Crippen molar-refractivity contribution in [3.05, 3.63) is 17.4 Å². The van der Waals surface area contributed by atoms with Crippen molar-refractivity contribution in [3.63, 3.8) is 0 Å². The molecule has 0 aliphatic heterocycles. The number of rotatable bonds is 3. The van der Waals surface area contributed by atoms with Crippen molar-refractivity contribution < 1.29 is 8.42 Å². The van der Waals surface area contributed by atoms with Crippen LogP contribution in [0.5, 0.6) is 0 Å². The van der Waals surface area contributed by atoms with Crippen molar-refractivity contribution >= 4 is 21.4 Å². The maximum absolute atomic E-state index is 10.8. The van der Waals surface area contributed by atoms with Crippen LogP contribution in [-0.2, 0) is 16.4 Å². The Balaban J connectivity index is 2.61. The number of nitrogens with zero attached hydrogens (tertiary/aromatic N) is 2. The highest BCUT2D eigenvalue weighted by Gasteiger charge is 2.04. The summed E-state index contributed by atoms with van der Waals surface area (Å²) in [6, 6.07) is 1.61. The summed E-state index contributed by atoms with van der Waals surface area (Å²) in [5.74, 6) is 0.0639. The van der Waals surface area contributed by atoms with Crippen LogP contribution in [0.3, 0.4) is 0 Å². The molecule has 0 N–H and O–H groups in total. The third-order valence-electron chi connectivity index (χ3n) is 1.34. The second-order valence-electron chi connectivity index (χ2n) is 2.51. The number of aryl methyl sites for hydroxylation is 1. The molecule has 6 heteroatoms. The molecule has 12 heavy (non-hydrogen) atoms. The molecule has 0 aliphatic carbocycles. The number of hydrogen-bond acceptors (Lipinski definition) is 3. The van der Waals surface area contributed by atoms with Gasteiger partial charge in [-0.3, -0.25) is 4.68 Å². The summed E-state index contributed by atoms with van der Waals surface area (Å²) < 4.78 is 23.0. The topological polar surface area (TPSA) is 52.0 Å². The van der Waals surface area contributed by atoms with Crippen LogP contribution in [0.25, 0.3) is 0 Å². The largest absolute Gasteiger partial charge is 0.253 e. The van der Waals surface area contributed by atoms with Gasteiger partial charge in [-0.1, -0.05) is 11.6 Å². The second-order valence-corrected chi connectivity index (χ2v) is 5.15. The molecule has 1 rings (SSSR count). The predicted molar refractivity (Wildman–Crippen MR) is 46.9 cm³/mol. The van der Waals surface area contributed by atoms with Gasteiger partial charge in [0.15, 0.2) is 0 Å². The molecule has 0 fully saturated rings. The molecule has 0 unspecified atom stereocenters. The lowest BCUT2D eigenvalue weighted by atomic mass is 10.7. The smallest absolute Gasteiger partial charge is 0.149 e. The first-order valence-electron chi connectivity index (χ1n) is 3.34. The first kappa shape index (κ1) is 9.54. The van der Waals surface area contributed by atoms with Crippen molar-refractivity contribution in [2.24, 2.45) is 0 Å². The van der Waals surface area contributed by atoms with E-state index in [-0.39, 0.29) is 5.75 Å². The molecule has 0 aliphatic rings. The summed E-state index contributed by atoms with van der Waals surface area (Å²) in [6.45, 7) is 0.310. The normalized spacial score (nSPS) is 11.8. The van der Waals surface area contributed by atoms with Crippen LogP contribution < -0.4 is 0 Å². The van der Waals surface area contributed by atoms with Gasteiger partial charge >= 0.3 is 0 Å². The van der Waals surface area contributed by atoms with Gasteiger partial charge in [0.2, 0.25) is 0 Å². The van der Waals surface area contributed by atoms with Gasteiger partial charge in [0, 0.05) is 6.26 Å². The monoisotopic (exact) mass is 208 g/mol.